The zero-order chi connectivity index (χ0) is 13.1. The summed E-state index contributed by atoms with van der Waals surface area (Å²) in [5.74, 6) is 1.54. The van der Waals surface area contributed by atoms with E-state index >= 15 is 0 Å². The number of amides is 1. The molecule has 5 heteroatoms. The first-order valence-corrected chi connectivity index (χ1v) is 6.41. The molecule has 1 aliphatic rings. The third-order valence-corrected chi connectivity index (χ3v) is 3.40. The highest BCUT2D eigenvalue weighted by Gasteiger charge is 2.18. The molecule has 0 saturated heterocycles. The molecule has 4 nitrogen and oxygen atoms in total. The molecule has 2 rings (SSSR count). The predicted octanol–water partition coefficient (Wildman–Crippen LogP) is 2.47. The summed E-state index contributed by atoms with van der Waals surface area (Å²) in [5.41, 5.74) is 0.981. The van der Waals surface area contributed by atoms with Gasteiger partial charge in [-0.2, -0.15) is 0 Å². The van der Waals surface area contributed by atoms with Crippen LogP contribution in [0.2, 0.25) is 0 Å². The highest BCUT2D eigenvalue weighted by atomic mass is 35.5. The van der Waals surface area contributed by atoms with Gasteiger partial charge in [-0.3, -0.25) is 4.79 Å². The molecule has 1 aromatic carbocycles. The van der Waals surface area contributed by atoms with Gasteiger partial charge in [0.2, 0.25) is 12.7 Å². The number of rotatable bonds is 4. The second-order valence-electron chi connectivity index (χ2n) is 4.40. The van der Waals surface area contributed by atoms with E-state index in [1.807, 2.05) is 25.1 Å². The Balaban J connectivity index is 2.05. The standard InChI is InChI=1S/C13H16ClNO3/c1-8(6-14)13(16)15-9(2)10-3-4-11-12(5-10)18-7-17-11/h3-5,8-9H,6-7H2,1-2H3,(H,15,16). The van der Waals surface area contributed by atoms with Crippen molar-refractivity contribution in [3.05, 3.63) is 23.8 Å². The number of hydrogen-bond acceptors (Lipinski definition) is 3. The molecule has 0 radical (unpaired) electrons. The maximum atomic E-state index is 11.7. The van der Waals surface area contributed by atoms with Crippen LogP contribution in [0.4, 0.5) is 0 Å². The molecule has 0 aromatic heterocycles. The fourth-order valence-corrected chi connectivity index (χ4v) is 1.83. The van der Waals surface area contributed by atoms with E-state index in [0.717, 1.165) is 17.1 Å². The van der Waals surface area contributed by atoms with Crippen LogP contribution in [0.15, 0.2) is 18.2 Å². The maximum Gasteiger partial charge on any atom is 0.231 e. The number of carbonyl (C=O) groups is 1. The lowest BCUT2D eigenvalue weighted by Crippen LogP contribution is -2.32. The van der Waals surface area contributed by atoms with Gasteiger partial charge in [0.15, 0.2) is 11.5 Å². The Kier molecular flexibility index (Phi) is 3.97. The number of hydrogen-bond donors (Lipinski definition) is 1. The van der Waals surface area contributed by atoms with Crippen molar-refractivity contribution in [1.29, 1.82) is 0 Å². The first-order chi connectivity index (χ1) is 8.61. The lowest BCUT2D eigenvalue weighted by atomic mass is 10.1. The minimum atomic E-state index is -0.192. The summed E-state index contributed by atoms with van der Waals surface area (Å²) in [7, 11) is 0. The minimum absolute atomic E-state index is 0.0461. The smallest absolute Gasteiger partial charge is 0.231 e. The molecular formula is C13H16ClNO3. The summed E-state index contributed by atoms with van der Waals surface area (Å²) in [6, 6.07) is 5.57. The molecular weight excluding hydrogens is 254 g/mol. The minimum Gasteiger partial charge on any atom is -0.454 e. The maximum absolute atomic E-state index is 11.7. The Bertz CT molecular complexity index is 450. The lowest BCUT2D eigenvalue weighted by molar-refractivity contribution is -0.124. The second-order valence-corrected chi connectivity index (χ2v) is 4.71. The fourth-order valence-electron chi connectivity index (χ4n) is 1.69. The number of ether oxygens (including phenoxy) is 2. The van der Waals surface area contributed by atoms with Gasteiger partial charge in [0.25, 0.3) is 0 Å². The van der Waals surface area contributed by atoms with E-state index in [-0.39, 0.29) is 24.7 Å². The van der Waals surface area contributed by atoms with Crippen LogP contribution in [-0.2, 0) is 4.79 Å². The van der Waals surface area contributed by atoms with Crippen LogP contribution in [0, 0.1) is 5.92 Å². The SMILES string of the molecule is CC(CCl)C(=O)NC(C)c1ccc2c(c1)OCO2. The normalized spacial score (nSPS) is 16.2. The number of benzene rings is 1. The molecule has 0 bridgehead atoms. The van der Waals surface area contributed by atoms with Gasteiger partial charge in [0.05, 0.1) is 6.04 Å². The van der Waals surface area contributed by atoms with E-state index in [0.29, 0.717) is 5.88 Å². The number of fused-ring (bicyclic) bond motifs is 1. The third kappa shape index (κ3) is 2.70. The average molecular weight is 270 g/mol. The van der Waals surface area contributed by atoms with E-state index in [4.69, 9.17) is 21.1 Å². The molecule has 98 valence electrons. The van der Waals surface area contributed by atoms with Gasteiger partial charge in [-0.15, -0.1) is 11.6 Å². The van der Waals surface area contributed by atoms with Crippen LogP contribution in [-0.4, -0.2) is 18.6 Å². The van der Waals surface area contributed by atoms with Crippen molar-refractivity contribution in [1.82, 2.24) is 5.32 Å². The molecule has 1 aromatic rings. The summed E-state index contributed by atoms with van der Waals surface area (Å²) in [5, 5.41) is 2.92. The Labute approximate surface area is 111 Å². The molecule has 1 N–H and O–H groups in total. The highest BCUT2D eigenvalue weighted by molar-refractivity contribution is 6.19. The quantitative estimate of drug-likeness (QED) is 0.854. The molecule has 0 saturated carbocycles. The highest BCUT2D eigenvalue weighted by Crippen LogP contribution is 2.34. The molecule has 0 spiro atoms. The van der Waals surface area contributed by atoms with Crippen LogP contribution in [0.3, 0.4) is 0 Å². The van der Waals surface area contributed by atoms with Crippen LogP contribution in [0.25, 0.3) is 0 Å². The summed E-state index contributed by atoms with van der Waals surface area (Å²) in [6.07, 6.45) is 0. The molecule has 2 unspecified atom stereocenters. The Morgan fingerprint density at radius 3 is 2.83 bits per heavy atom. The summed E-state index contributed by atoms with van der Waals surface area (Å²) < 4.78 is 10.5. The van der Waals surface area contributed by atoms with E-state index in [1.54, 1.807) is 6.92 Å². The van der Waals surface area contributed by atoms with Crippen molar-refractivity contribution in [2.45, 2.75) is 19.9 Å². The van der Waals surface area contributed by atoms with Gasteiger partial charge in [-0.05, 0) is 24.6 Å². The Morgan fingerprint density at radius 2 is 2.11 bits per heavy atom. The van der Waals surface area contributed by atoms with Gasteiger partial charge in [0.1, 0.15) is 0 Å². The average Bonchev–Trinajstić information content (AvgIpc) is 2.84. The zero-order valence-electron chi connectivity index (χ0n) is 10.4. The molecule has 18 heavy (non-hydrogen) atoms. The molecule has 1 amide bonds. The molecule has 1 heterocycles. The second kappa shape index (κ2) is 5.48. The molecule has 1 aliphatic heterocycles. The Hall–Kier alpha value is -1.42. The number of nitrogens with one attached hydrogen (secondary N) is 1. The van der Waals surface area contributed by atoms with Crippen molar-refractivity contribution >= 4 is 17.5 Å². The van der Waals surface area contributed by atoms with Crippen molar-refractivity contribution in [2.24, 2.45) is 5.92 Å². The molecule has 0 aliphatic carbocycles. The van der Waals surface area contributed by atoms with Gasteiger partial charge in [-0.25, -0.2) is 0 Å². The monoisotopic (exact) mass is 269 g/mol. The van der Waals surface area contributed by atoms with Crippen LogP contribution < -0.4 is 14.8 Å². The summed E-state index contributed by atoms with van der Waals surface area (Å²) >= 11 is 5.66. The van der Waals surface area contributed by atoms with E-state index in [1.165, 1.54) is 0 Å². The number of halogens is 1. The largest absolute Gasteiger partial charge is 0.454 e. The van der Waals surface area contributed by atoms with E-state index in [2.05, 4.69) is 5.32 Å². The van der Waals surface area contributed by atoms with Crippen molar-refractivity contribution in [3.63, 3.8) is 0 Å². The van der Waals surface area contributed by atoms with E-state index in [9.17, 15) is 4.79 Å². The van der Waals surface area contributed by atoms with Gasteiger partial charge < -0.3 is 14.8 Å². The van der Waals surface area contributed by atoms with Crippen LogP contribution in [0.1, 0.15) is 25.5 Å². The molecule has 0 fully saturated rings. The number of carbonyl (C=O) groups excluding carboxylic acids is 1. The topological polar surface area (TPSA) is 47.6 Å². The molecule has 2 atom stereocenters. The third-order valence-electron chi connectivity index (χ3n) is 2.93. The fraction of sp³-hybridized carbons (Fsp3) is 0.462. The van der Waals surface area contributed by atoms with Crippen LogP contribution in [0.5, 0.6) is 11.5 Å². The van der Waals surface area contributed by atoms with Crippen molar-refractivity contribution < 1.29 is 14.3 Å². The van der Waals surface area contributed by atoms with Gasteiger partial charge in [-0.1, -0.05) is 13.0 Å². The van der Waals surface area contributed by atoms with Crippen LogP contribution >= 0.6 is 11.6 Å². The first kappa shape index (κ1) is 13.0. The Morgan fingerprint density at radius 1 is 1.39 bits per heavy atom. The van der Waals surface area contributed by atoms with Crippen molar-refractivity contribution in [2.75, 3.05) is 12.7 Å². The van der Waals surface area contributed by atoms with E-state index < -0.39 is 0 Å². The zero-order valence-corrected chi connectivity index (χ0v) is 11.2. The van der Waals surface area contributed by atoms with Gasteiger partial charge in [0, 0.05) is 11.8 Å². The lowest BCUT2D eigenvalue weighted by Gasteiger charge is -2.17. The summed E-state index contributed by atoms with van der Waals surface area (Å²) in [4.78, 5) is 11.7. The predicted molar refractivity (Wildman–Crippen MR) is 69.0 cm³/mol. The number of alkyl halides is 1. The first-order valence-electron chi connectivity index (χ1n) is 5.87. The summed E-state index contributed by atoms with van der Waals surface area (Å²) in [6.45, 7) is 3.98. The van der Waals surface area contributed by atoms with Crippen molar-refractivity contribution in [3.8, 4) is 11.5 Å². The van der Waals surface area contributed by atoms with Gasteiger partial charge >= 0.3 is 0 Å².